The monoisotopic (exact) mass is 445 g/mol. The van der Waals surface area contributed by atoms with E-state index in [0.29, 0.717) is 19.1 Å². The van der Waals surface area contributed by atoms with Crippen molar-refractivity contribution >= 4 is 29.9 Å². The van der Waals surface area contributed by atoms with Crippen LogP contribution in [0.3, 0.4) is 0 Å². The standard InChI is InChI=1S/C15H22F3N3O.HI/c1-19-14(20-9-4-10-22-3)21(2)11-12-5-7-13(8-6-12)15(16,17)18;/h5-8H,4,9-11H2,1-3H3,(H,19,20);1H. The van der Waals surface area contributed by atoms with Gasteiger partial charge in [0.15, 0.2) is 5.96 Å². The molecule has 23 heavy (non-hydrogen) atoms. The van der Waals surface area contributed by atoms with Gasteiger partial charge < -0.3 is 15.0 Å². The minimum Gasteiger partial charge on any atom is -0.385 e. The highest BCUT2D eigenvalue weighted by Crippen LogP contribution is 2.29. The molecule has 1 aromatic carbocycles. The van der Waals surface area contributed by atoms with Gasteiger partial charge in [-0.1, -0.05) is 12.1 Å². The van der Waals surface area contributed by atoms with Crippen molar-refractivity contribution in [3.8, 4) is 0 Å². The number of guanidine groups is 1. The minimum absolute atomic E-state index is 0. The first kappa shape index (κ1) is 22.0. The summed E-state index contributed by atoms with van der Waals surface area (Å²) in [4.78, 5) is 6.01. The van der Waals surface area contributed by atoms with Crippen LogP contribution in [0.25, 0.3) is 0 Å². The summed E-state index contributed by atoms with van der Waals surface area (Å²) in [5.41, 5.74) is 0.149. The molecule has 0 spiro atoms. The number of halogens is 4. The molecule has 0 aromatic heterocycles. The van der Waals surface area contributed by atoms with E-state index in [1.165, 1.54) is 12.1 Å². The molecule has 0 aliphatic rings. The van der Waals surface area contributed by atoms with Gasteiger partial charge in [0.1, 0.15) is 0 Å². The number of hydrogen-bond acceptors (Lipinski definition) is 2. The fraction of sp³-hybridized carbons (Fsp3) is 0.533. The van der Waals surface area contributed by atoms with Gasteiger partial charge in [-0.05, 0) is 24.1 Å². The molecule has 132 valence electrons. The van der Waals surface area contributed by atoms with E-state index in [1.54, 1.807) is 14.2 Å². The van der Waals surface area contributed by atoms with Crippen molar-refractivity contribution in [1.82, 2.24) is 10.2 Å². The number of nitrogens with one attached hydrogen (secondary N) is 1. The Hall–Kier alpha value is -1.03. The van der Waals surface area contributed by atoms with Crippen molar-refractivity contribution < 1.29 is 17.9 Å². The molecule has 0 bridgehead atoms. The number of alkyl halides is 3. The normalized spacial score (nSPS) is 11.8. The molecule has 0 aliphatic carbocycles. The SMILES string of the molecule is CN=C(NCCCOC)N(C)Cc1ccc(C(F)(F)F)cc1.I. The van der Waals surface area contributed by atoms with E-state index >= 15 is 0 Å². The van der Waals surface area contributed by atoms with Crippen LogP contribution in [0.2, 0.25) is 0 Å². The van der Waals surface area contributed by atoms with Gasteiger partial charge >= 0.3 is 6.18 Å². The summed E-state index contributed by atoms with van der Waals surface area (Å²) in [5, 5.41) is 3.18. The summed E-state index contributed by atoms with van der Waals surface area (Å²) < 4.78 is 42.5. The van der Waals surface area contributed by atoms with Gasteiger partial charge in [0.05, 0.1) is 5.56 Å². The van der Waals surface area contributed by atoms with Crippen molar-refractivity contribution in [1.29, 1.82) is 0 Å². The van der Waals surface area contributed by atoms with Crippen LogP contribution >= 0.6 is 24.0 Å². The fourth-order valence-corrected chi connectivity index (χ4v) is 1.95. The van der Waals surface area contributed by atoms with Gasteiger partial charge in [-0.3, -0.25) is 4.99 Å². The molecule has 1 aromatic rings. The summed E-state index contributed by atoms with van der Waals surface area (Å²) in [7, 11) is 5.15. The van der Waals surface area contributed by atoms with Crippen LogP contribution in [0.15, 0.2) is 29.3 Å². The zero-order valence-electron chi connectivity index (χ0n) is 13.5. The van der Waals surface area contributed by atoms with Crippen molar-refractivity contribution in [3.05, 3.63) is 35.4 Å². The van der Waals surface area contributed by atoms with E-state index in [-0.39, 0.29) is 24.0 Å². The molecule has 0 amide bonds. The summed E-state index contributed by atoms with van der Waals surface area (Å²) in [6.07, 6.45) is -3.45. The number of rotatable bonds is 6. The largest absolute Gasteiger partial charge is 0.416 e. The maximum absolute atomic E-state index is 12.5. The summed E-state index contributed by atoms with van der Waals surface area (Å²) >= 11 is 0. The van der Waals surface area contributed by atoms with E-state index in [4.69, 9.17) is 4.74 Å². The second-order valence-corrected chi connectivity index (χ2v) is 4.87. The molecule has 1 N–H and O–H groups in total. The number of hydrogen-bond donors (Lipinski definition) is 1. The Kier molecular flexibility index (Phi) is 10.2. The maximum Gasteiger partial charge on any atom is 0.416 e. The smallest absolute Gasteiger partial charge is 0.385 e. The van der Waals surface area contributed by atoms with Gasteiger partial charge in [-0.15, -0.1) is 24.0 Å². The quantitative estimate of drug-likeness (QED) is 0.316. The molecule has 0 fully saturated rings. The predicted molar refractivity (Wildman–Crippen MR) is 96.2 cm³/mol. The number of benzene rings is 1. The maximum atomic E-state index is 12.5. The van der Waals surface area contributed by atoms with Gasteiger partial charge in [-0.25, -0.2) is 0 Å². The number of ether oxygens (including phenoxy) is 1. The number of methoxy groups -OCH3 is 1. The Morgan fingerprint density at radius 2 is 1.87 bits per heavy atom. The lowest BCUT2D eigenvalue weighted by Crippen LogP contribution is -2.39. The van der Waals surface area contributed by atoms with Crippen molar-refractivity contribution in [2.24, 2.45) is 4.99 Å². The van der Waals surface area contributed by atoms with Gasteiger partial charge in [0.25, 0.3) is 0 Å². The molecular weight excluding hydrogens is 422 g/mol. The van der Waals surface area contributed by atoms with E-state index in [2.05, 4.69) is 10.3 Å². The van der Waals surface area contributed by atoms with Crippen molar-refractivity contribution in [2.45, 2.75) is 19.1 Å². The average Bonchev–Trinajstić information content (AvgIpc) is 2.47. The third kappa shape index (κ3) is 7.87. The average molecular weight is 445 g/mol. The zero-order valence-corrected chi connectivity index (χ0v) is 15.8. The lowest BCUT2D eigenvalue weighted by atomic mass is 10.1. The van der Waals surface area contributed by atoms with Crippen LogP contribution in [-0.4, -0.2) is 45.2 Å². The molecule has 0 aliphatic heterocycles. The van der Waals surface area contributed by atoms with Gasteiger partial charge in [0, 0.05) is 40.9 Å². The topological polar surface area (TPSA) is 36.9 Å². The Bertz CT molecular complexity index is 478. The Morgan fingerprint density at radius 3 is 2.35 bits per heavy atom. The highest BCUT2D eigenvalue weighted by Gasteiger charge is 2.29. The first-order valence-corrected chi connectivity index (χ1v) is 6.95. The second-order valence-electron chi connectivity index (χ2n) is 4.87. The Labute approximate surface area is 152 Å². The summed E-state index contributed by atoms with van der Waals surface area (Å²) in [6.45, 7) is 1.85. The third-order valence-corrected chi connectivity index (χ3v) is 3.08. The molecule has 0 radical (unpaired) electrons. The third-order valence-electron chi connectivity index (χ3n) is 3.08. The van der Waals surface area contributed by atoms with Crippen molar-refractivity contribution in [2.75, 3.05) is 34.4 Å². The van der Waals surface area contributed by atoms with Gasteiger partial charge in [0.2, 0.25) is 0 Å². The zero-order chi connectivity index (χ0) is 16.6. The first-order chi connectivity index (χ1) is 10.4. The summed E-state index contributed by atoms with van der Waals surface area (Å²) in [5.74, 6) is 0.691. The van der Waals surface area contributed by atoms with E-state index in [1.807, 2.05) is 11.9 Å². The molecular formula is C15H23F3IN3O. The van der Waals surface area contributed by atoms with Crippen LogP contribution in [0.5, 0.6) is 0 Å². The number of aliphatic imine (C=N–C) groups is 1. The molecule has 0 unspecified atom stereocenters. The van der Waals surface area contributed by atoms with E-state index in [0.717, 1.165) is 30.7 Å². The lowest BCUT2D eigenvalue weighted by molar-refractivity contribution is -0.137. The molecule has 0 saturated heterocycles. The van der Waals surface area contributed by atoms with Crippen LogP contribution in [0.4, 0.5) is 13.2 Å². The van der Waals surface area contributed by atoms with E-state index < -0.39 is 11.7 Å². The fourth-order valence-electron chi connectivity index (χ4n) is 1.95. The molecule has 1 rings (SSSR count). The molecule has 8 heteroatoms. The number of nitrogens with zero attached hydrogens (tertiary/aromatic N) is 2. The Balaban J connectivity index is 0.00000484. The van der Waals surface area contributed by atoms with Crippen LogP contribution in [0, 0.1) is 0 Å². The minimum atomic E-state index is -4.30. The van der Waals surface area contributed by atoms with E-state index in [9.17, 15) is 13.2 Å². The first-order valence-electron chi connectivity index (χ1n) is 6.95. The van der Waals surface area contributed by atoms with Crippen molar-refractivity contribution in [3.63, 3.8) is 0 Å². The van der Waals surface area contributed by atoms with Gasteiger partial charge in [-0.2, -0.15) is 13.2 Å². The Morgan fingerprint density at radius 1 is 1.26 bits per heavy atom. The molecule has 4 nitrogen and oxygen atoms in total. The van der Waals surface area contributed by atoms with Crippen LogP contribution < -0.4 is 5.32 Å². The molecule has 0 atom stereocenters. The lowest BCUT2D eigenvalue weighted by Gasteiger charge is -2.22. The van der Waals surface area contributed by atoms with Crippen LogP contribution in [0.1, 0.15) is 17.5 Å². The van der Waals surface area contributed by atoms with Crippen LogP contribution in [-0.2, 0) is 17.5 Å². The summed E-state index contributed by atoms with van der Waals surface area (Å²) in [6, 6.07) is 5.16. The molecule has 0 heterocycles. The highest BCUT2D eigenvalue weighted by atomic mass is 127. The molecule has 0 saturated carbocycles. The highest BCUT2D eigenvalue weighted by molar-refractivity contribution is 14.0. The predicted octanol–water partition coefficient (Wildman–Crippen LogP) is 3.37. The second kappa shape index (κ2) is 10.7.